The summed E-state index contributed by atoms with van der Waals surface area (Å²) in [5.41, 5.74) is -0.0161. The Kier molecular flexibility index (Phi) is 5.88. The van der Waals surface area contributed by atoms with Gasteiger partial charge in [-0.1, -0.05) is 0 Å². The van der Waals surface area contributed by atoms with Gasteiger partial charge >= 0.3 is 5.97 Å². The molecular weight excluding hydrogens is 413 g/mol. The highest BCUT2D eigenvalue weighted by molar-refractivity contribution is 14.1. The predicted octanol–water partition coefficient (Wildman–Crippen LogP) is 2.41. The number of thioether (sulfide) groups is 1. The van der Waals surface area contributed by atoms with Crippen LogP contribution in [0.5, 0.6) is 0 Å². The number of sulfonamides is 1. The summed E-state index contributed by atoms with van der Waals surface area (Å²) >= 11 is 3.41. The number of carbonyl (C=O) groups is 1. The lowest BCUT2D eigenvalue weighted by atomic mass is 10.2. The zero-order valence-corrected chi connectivity index (χ0v) is 15.1. The van der Waals surface area contributed by atoms with Crippen molar-refractivity contribution in [2.45, 2.75) is 23.5 Å². The first-order valence-electron chi connectivity index (χ1n) is 5.67. The van der Waals surface area contributed by atoms with Gasteiger partial charge in [-0.05, 0) is 60.9 Å². The van der Waals surface area contributed by atoms with Gasteiger partial charge in [-0.25, -0.2) is 17.9 Å². The largest absolute Gasteiger partial charge is 0.478 e. The van der Waals surface area contributed by atoms with Crippen LogP contribution in [0.2, 0.25) is 0 Å². The molecule has 0 amide bonds. The summed E-state index contributed by atoms with van der Waals surface area (Å²) in [6, 6.07) is 4.07. The molecule has 20 heavy (non-hydrogen) atoms. The molecule has 0 spiro atoms. The molecule has 0 aromatic heterocycles. The molecule has 1 aromatic carbocycles. The van der Waals surface area contributed by atoms with E-state index in [4.69, 9.17) is 5.11 Å². The van der Waals surface area contributed by atoms with Crippen LogP contribution in [0.3, 0.4) is 0 Å². The molecule has 0 aliphatic carbocycles. The average molecular weight is 429 g/mol. The molecule has 2 N–H and O–H groups in total. The van der Waals surface area contributed by atoms with E-state index in [0.29, 0.717) is 3.57 Å². The van der Waals surface area contributed by atoms with Gasteiger partial charge in [-0.2, -0.15) is 11.8 Å². The minimum atomic E-state index is -3.71. The molecule has 0 saturated carbocycles. The maximum absolute atomic E-state index is 12.2. The second-order valence-electron chi connectivity index (χ2n) is 4.74. The van der Waals surface area contributed by atoms with Crippen molar-refractivity contribution in [2.75, 3.05) is 12.8 Å². The number of halogens is 1. The van der Waals surface area contributed by atoms with Gasteiger partial charge in [0.15, 0.2) is 0 Å². The molecule has 0 aliphatic rings. The average Bonchev–Trinajstić information content (AvgIpc) is 2.36. The first-order chi connectivity index (χ1) is 9.09. The highest BCUT2D eigenvalue weighted by Crippen LogP contribution is 2.22. The molecule has 0 heterocycles. The number of nitrogens with one attached hydrogen (secondary N) is 1. The number of aromatic carboxylic acids is 1. The SMILES string of the molecule is CSC(C)(C)CNS(=O)(=O)c1ccc(I)c(C(=O)O)c1. The number of hydrogen-bond donors (Lipinski definition) is 2. The normalized spacial score (nSPS) is 12.4. The van der Waals surface area contributed by atoms with Crippen molar-refractivity contribution in [2.24, 2.45) is 0 Å². The van der Waals surface area contributed by atoms with E-state index in [0.717, 1.165) is 0 Å². The summed E-state index contributed by atoms with van der Waals surface area (Å²) in [7, 11) is -3.71. The maximum Gasteiger partial charge on any atom is 0.336 e. The molecule has 0 bridgehead atoms. The first-order valence-corrected chi connectivity index (χ1v) is 9.45. The quantitative estimate of drug-likeness (QED) is 0.679. The molecule has 0 unspecified atom stereocenters. The Labute approximate surface area is 136 Å². The van der Waals surface area contributed by atoms with Crippen molar-refractivity contribution in [1.82, 2.24) is 4.72 Å². The lowest BCUT2D eigenvalue weighted by Gasteiger charge is -2.22. The summed E-state index contributed by atoms with van der Waals surface area (Å²) in [5, 5.41) is 9.03. The van der Waals surface area contributed by atoms with Gasteiger partial charge in [0.2, 0.25) is 10.0 Å². The van der Waals surface area contributed by atoms with Gasteiger partial charge in [0.25, 0.3) is 0 Å². The minimum absolute atomic E-state index is 0.0161. The van der Waals surface area contributed by atoms with Crippen LogP contribution >= 0.6 is 34.4 Å². The smallest absolute Gasteiger partial charge is 0.336 e. The summed E-state index contributed by atoms with van der Waals surface area (Å²) in [4.78, 5) is 11.0. The molecule has 1 aromatic rings. The third-order valence-electron chi connectivity index (χ3n) is 2.72. The second kappa shape index (κ2) is 6.63. The van der Waals surface area contributed by atoms with Crippen molar-refractivity contribution < 1.29 is 18.3 Å². The van der Waals surface area contributed by atoms with Gasteiger partial charge in [0.1, 0.15) is 0 Å². The number of benzene rings is 1. The fraction of sp³-hybridized carbons (Fsp3) is 0.417. The molecule has 0 aliphatic heterocycles. The fourth-order valence-corrected chi connectivity index (χ4v) is 3.37. The highest BCUT2D eigenvalue weighted by atomic mass is 127. The Hall–Kier alpha value is -0.320. The van der Waals surface area contributed by atoms with Crippen molar-refractivity contribution in [3.05, 3.63) is 27.3 Å². The highest BCUT2D eigenvalue weighted by Gasteiger charge is 2.22. The molecule has 5 nitrogen and oxygen atoms in total. The van der Waals surface area contributed by atoms with E-state index >= 15 is 0 Å². The summed E-state index contributed by atoms with van der Waals surface area (Å²) < 4.78 is 27.1. The lowest BCUT2D eigenvalue weighted by molar-refractivity contribution is 0.0695. The van der Waals surface area contributed by atoms with Crippen molar-refractivity contribution in [3.8, 4) is 0 Å². The van der Waals surface area contributed by atoms with Gasteiger partial charge < -0.3 is 5.11 Å². The minimum Gasteiger partial charge on any atom is -0.478 e. The third kappa shape index (κ3) is 4.61. The monoisotopic (exact) mass is 429 g/mol. The molecule has 0 fully saturated rings. The molecule has 0 atom stereocenters. The molecule has 0 radical (unpaired) electrons. The van der Waals surface area contributed by atoms with Crippen LogP contribution in [0.4, 0.5) is 0 Å². The predicted molar refractivity (Wildman–Crippen MR) is 88.9 cm³/mol. The Morgan fingerprint density at radius 1 is 1.45 bits per heavy atom. The van der Waals surface area contributed by atoms with Crippen LogP contribution in [0.15, 0.2) is 23.1 Å². The Morgan fingerprint density at radius 3 is 2.55 bits per heavy atom. The van der Waals surface area contributed by atoms with Gasteiger partial charge in [0.05, 0.1) is 10.5 Å². The van der Waals surface area contributed by atoms with Gasteiger partial charge in [0, 0.05) is 14.9 Å². The van der Waals surface area contributed by atoms with Crippen LogP contribution in [0.25, 0.3) is 0 Å². The number of rotatable bonds is 6. The van der Waals surface area contributed by atoms with E-state index in [1.54, 1.807) is 11.8 Å². The zero-order chi connectivity index (χ0) is 15.6. The molecule has 0 saturated heterocycles. The van der Waals surface area contributed by atoms with Crippen LogP contribution < -0.4 is 4.72 Å². The lowest BCUT2D eigenvalue weighted by Crippen LogP contribution is -2.36. The number of carboxylic acids is 1. The fourth-order valence-electron chi connectivity index (χ4n) is 1.26. The van der Waals surface area contributed by atoms with E-state index < -0.39 is 16.0 Å². The van der Waals surface area contributed by atoms with Gasteiger partial charge in [-0.15, -0.1) is 0 Å². The standard InChI is InChI=1S/C12H16INO4S2/c1-12(2,19-3)7-14-20(17,18)8-4-5-10(13)9(6-8)11(15)16/h4-6,14H,7H2,1-3H3,(H,15,16). The van der Waals surface area contributed by atoms with Crippen LogP contribution in [-0.4, -0.2) is 37.0 Å². The molecule has 1 rings (SSSR count). The van der Waals surface area contributed by atoms with Crippen molar-refractivity contribution in [3.63, 3.8) is 0 Å². The molecule has 8 heteroatoms. The molecule has 112 valence electrons. The van der Waals surface area contributed by atoms with Crippen LogP contribution in [0.1, 0.15) is 24.2 Å². The van der Waals surface area contributed by atoms with Crippen LogP contribution in [0, 0.1) is 3.57 Å². The Bertz CT molecular complexity index is 614. The summed E-state index contributed by atoms with van der Waals surface area (Å²) in [5.74, 6) is -1.14. The van der Waals surface area contributed by atoms with E-state index in [9.17, 15) is 13.2 Å². The van der Waals surface area contributed by atoms with E-state index in [2.05, 4.69) is 4.72 Å². The maximum atomic E-state index is 12.2. The van der Waals surface area contributed by atoms with Crippen molar-refractivity contribution >= 4 is 50.3 Å². The summed E-state index contributed by atoms with van der Waals surface area (Å²) in [6.45, 7) is 4.12. The third-order valence-corrected chi connectivity index (χ3v) is 6.31. The number of hydrogen-bond acceptors (Lipinski definition) is 4. The van der Waals surface area contributed by atoms with E-state index in [1.165, 1.54) is 18.2 Å². The Balaban J connectivity index is 3.05. The summed E-state index contributed by atoms with van der Waals surface area (Å²) in [6.07, 6.45) is 1.90. The van der Waals surface area contributed by atoms with E-state index in [-0.39, 0.29) is 21.8 Å². The Morgan fingerprint density at radius 2 is 2.05 bits per heavy atom. The topological polar surface area (TPSA) is 83.5 Å². The van der Waals surface area contributed by atoms with Crippen molar-refractivity contribution in [1.29, 1.82) is 0 Å². The van der Waals surface area contributed by atoms with Gasteiger partial charge in [-0.3, -0.25) is 0 Å². The zero-order valence-electron chi connectivity index (χ0n) is 11.3. The number of carboxylic acid groups (broad SMARTS) is 1. The van der Waals surface area contributed by atoms with E-state index in [1.807, 2.05) is 42.7 Å². The molecular formula is C12H16INO4S2. The van der Waals surface area contributed by atoms with Crippen LogP contribution in [-0.2, 0) is 10.0 Å². The first kappa shape index (κ1) is 17.7. The second-order valence-corrected chi connectivity index (χ2v) is 9.18.